The molecule has 0 spiro atoms. The molecule has 0 atom stereocenters. The molecule has 1 N–H and O–H groups in total. The molecule has 4 heteroatoms. The molecule has 2 aromatic carbocycles. The first-order chi connectivity index (χ1) is 9.54. The highest BCUT2D eigenvalue weighted by atomic mass is 16.5. The fourth-order valence-electron chi connectivity index (χ4n) is 1.95. The van der Waals surface area contributed by atoms with E-state index in [1.807, 2.05) is 30.3 Å². The predicted octanol–water partition coefficient (Wildman–Crippen LogP) is 3.52. The maximum absolute atomic E-state index is 11.7. The summed E-state index contributed by atoms with van der Waals surface area (Å²) in [6.45, 7) is 6.79. The lowest BCUT2D eigenvalue weighted by molar-refractivity contribution is -0.130. The number of benzene rings is 2. The molecule has 0 fully saturated rings. The zero-order valence-corrected chi connectivity index (χ0v) is 11.4. The minimum Gasteiger partial charge on any atom is -0.422 e. The lowest BCUT2D eigenvalue weighted by Crippen LogP contribution is -2.11. The van der Waals surface area contributed by atoms with Crippen molar-refractivity contribution in [3.63, 3.8) is 0 Å². The van der Waals surface area contributed by atoms with E-state index in [1.54, 1.807) is 19.9 Å². The second kappa shape index (κ2) is 5.57. The monoisotopic (exact) mass is 269 g/mol. The van der Waals surface area contributed by atoms with E-state index in [9.17, 15) is 4.79 Å². The van der Waals surface area contributed by atoms with Gasteiger partial charge >= 0.3 is 5.97 Å². The van der Waals surface area contributed by atoms with Gasteiger partial charge in [-0.25, -0.2) is 4.79 Å². The van der Waals surface area contributed by atoms with Crippen LogP contribution in [0, 0.1) is 0 Å². The Morgan fingerprint density at radius 1 is 1.20 bits per heavy atom. The van der Waals surface area contributed by atoms with Crippen molar-refractivity contribution in [1.29, 1.82) is 0 Å². The topological polar surface area (TPSA) is 58.9 Å². The molecule has 2 rings (SSSR count). The maximum atomic E-state index is 11.7. The van der Waals surface area contributed by atoms with Gasteiger partial charge in [-0.2, -0.15) is 0 Å². The van der Waals surface area contributed by atoms with E-state index in [4.69, 9.17) is 9.94 Å². The van der Waals surface area contributed by atoms with Gasteiger partial charge in [0.1, 0.15) is 5.75 Å². The lowest BCUT2D eigenvalue weighted by atomic mass is 10.0. The first kappa shape index (κ1) is 13.8. The average Bonchev–Trinajstić information content (AvgIpc) is 2.46. The first-order valence-corrected chi connectivity index (χ1v) is 6.13. The van der Waals surface area contributed by atoms with Crippen molar-refractivity contribution in [1.82, 2.24) is 0 Å². The van der Waals surface area contributed by atoms with E-state index in [-0.39, 0.29) is 0 Å². The molecule has 102 valence electrons. The summed E-state index contributed by atoms with van der Waals surface area (Å²) < 4.78 is 5.31. The molecule has 0 aliphatic rings. The molecule has 0 aliphatic carbocycles. The Morgan fingerprint density at radius 3 is 2.55 bits per heavy atom. The number of hydrogen-bond acceptors (Lipinski definition) is 4. The van der Waals surface area contributed by atoms with Gasteiger partial charge in [0.25, 0.3) is 0 Å². The SMILES string of the molecule is C=C(C)C(=O)Oc1ccc2ccccc2c1/C(C)=N/O. The number of rotatable bonds is 3. The Bertz CT molecular complexity index is 717. The molecular formula is C16H15NO3. The van der Waals surface area contributed by atoms with Crippen LogP contribution in [0.5, 0.6) is 5.75 Å². The lowest BCUT2D eigenvalue weighted by Gasteiger charge is -2.12. The highest BCUT2D eigenvalue weighted by Crippen LogP contribution is 2.29. The van der Waals surface area contributed by atoms with E-state index < -0.39 is 5.97 Å². The minimum absolute atomic E-state index is 0.308. The minimum atomic E-state index is -0.507. The molecule has 0 unspecified atom stereocenters. The average molecular weight is 269 g/mol. The summed E-state index contributed by atoms with van der Waals surface area (Å²) in [5.74, 6) is -0.153. The standard InChI is InChI=1S/C16H15NO3/c1-10(2)16(18)20-14-9-8-12-6-4-5-7-13(12)15(14)11(3)17-19/h4-9,19H,1H2,2-3H3/b17-11+. The molecule has 0 aliphatic heterocycles. The van der Waals surface area contributed by atoms with Crippen LogP contribution in [0.15, 0.2) is 53.7 Å². The maximum Gasteiger partial charge on any atom is 0.338 e. The number of carbonyl (C=O) groups is 1. The summed E-state index contributed by atoms with van der Waals surface area (Å²) >= 11 is 0. The van der Waals surface area contributed by atoms with Crippen LogP contribution in [0.2, 0.25) is 0 Å². The van der Waals surface area contributed by atoms with Crippen molar-refractivity contribution in [2.24, 2.45) is 5.16 Å². The Hall–Kier alpha value is -2.62. The van der Waals surface area contributed by atoms with Crippen LogP contribution < -0.4 is 4.74 Å². The molecule has 0 saturated heterocycles. The second-order valence-corrected chi connectivity index (χ2v) is 4.52. The quantitative estimate of drug-likeness (QED) is 0.231. The van der Waals surface area contributed by atoms with Gasteiger partial charge in [0.05, 0.1) is 5.71 Å². The fraction of sp³-hybridized carbons (Fsp3) is 0.125. The van der Waals surface area contributed by atoms with Crippen molar-refractivity contribution in [3.05, 3.63) is 54.1 Å². The van der Waals surface area contributed by atoms with Gasteiger partial charge in [0, 0.05) is 11.1 Å². The third-order valence-electron chi connectivity index (χ3n) is 2.95. The number of hydrogen-bond donors (Lipinski definition) is 1. The Balaban J connectivity index is 2.65. The van der Waals surface area contributed by atoms with E-state index in [0.29, 0.717) is 22.6 Å². The molecule has 0 heterocycles. The van der Waals surface area contributed by atoms with Gasteiger partial charge in [0.15, 0.2) is 0 Å². The summed E-state index contributed by atoms with van der Waals surface area (Å²) in [5, 5.41) is 14.1. The molecule has 0 saturated carbocycles. The number of nitrogens with zero attached hydrogens (tertiary/aromatic N) is 1. The summed E-state index contributed by atoms with van der Waals surface area (Å²) in [7, 11) is 0. The van der Waals surface area contributed by atoms with Gasteiger partial charge in [0.2, 0.25) is 0 Å². The van der Waals surface area contributed by atoms with E-state index in [0.717, 1.165) is 10.8 Å². The van der Waals surface area contributed by atoms with Crippen LogP contribution in [0.1, 0.15) is 19.4 Å². The first-order valence-electron chi connectivity index (χ1n) is 6.13. The molecular weight excluding hydrogens is 254 g/mol. The number of ether oxygens (including phenoxy) is 1. The van der Waals surface area contributed by atoms with Crippen molar-refractivity contribution in [2.45, 2.75) is 13.8 Å². The Kier molecular flexibility index (Phi) is 3.84. The van der Waals surface area contributed by atoms with Crippen molar-refractivity contribution < 1.29 is 14.7 Å². The van der Waals surface area contributed by atoms with Gasteiger partial charge in [-0.3, -0.25) is 0 Å². The van der Waals surface area contributed by atoms with E-state index in [1.165, 1.54) is 0 Å². The largest absolute Gasteiger partial charge is 0.422 e. The van der Waals surface area contributed by atoms with Gasteiger partial charge < -0.3 is 9.94 Å². The van der Waals surface area contributed by atoms with Crippen molar-refractivity contribution >= 4 is 22.5 Å². The molecule has 0 amide bonds. The summed E-state index contributed by atoms with van der Waals surface area (Å²) in [6.07, 6.45) is 0. The van der Waals surface area contributed by atoms with Crippen LogP contribution in [0.4, 0.5) is 0 Å². The van der Waals surface area contributed by atoms with Gasteiger partial charge in [-0.05, 0) is 30.7 Å². The fourth-order valence-corrected chi connectivity index (χ4v) is 1.95. The van der Waals surface area contributed by atoms with Crippen molar-refractivity contribution in [2.75, 3.05) is 0 Å². The highest BCUT2D eigenvalue weighted by Gasteiger charge is 2.15. The van der Waals surface area contributed by atoms with Crippen LogP contribution in [-0.2, 0) is 4.79 Å². The zero-order valence-electron chi connectivity index (χ0n) is 11.4. The van der Waals surface area contributed by atoms with Gasteiger partial charge in [-0.15, -0.1) is 0 Å². The molecule has 0 aromatic heterocycles. The number of carbonyl (C=O) groups excluding carboxylic acids is 1. The Labute approximate surface area is 117 Å². The second-order valence-electron chi connectivity index (χ2n) is 4.52. The Morgan fingerprint density at radius 2 is 1.90 bits per heavy atom. The number of fused-ring (bicyclic) bond motifs is 1. The third-order valence-corrected chi connectivity index (χ3v) is 2.95. The summed E-state index contributed by atoms with van der Waals surface area (Å²) in [4.78, 5) is 11.7. The number of esters is 1. The van der Waals surface area contributed by atoms with Crippen LogP contribution in [0.25, 0.3) is 10.8 Å². The van der Waals surface area contributed by atoms with Crippen LogP contribution in [-0.4, -0.2) is 16.9 Å². The third kappa shape index (κ3) is 2.54. The molecule has 0 radical (unpaired) electrons. The predicted molar refractivity (Wildman–Crippen MR) is 78.4 cm³/mol. The van der Waals surface area contributed by atoms with Gasteiger partial charge in [-0.1, -0.05) is 42.1 Å². The zero-order chi connectivity index (χ0) is 14.7. The number of oxime groups is 1. The molecule has 20 heavy (non-hydrogen) atoms. The van der Waals surface area contributed by atoms with Crippen LogP contribution >= 0.6 is 0 Å². The molecule has 0 bridgehead atoms. The van der Waals surface area contributed by atoms with Crippen molar-refractivity contribution in [3.8, 4) is 5.75 Å². The highest BCUT2D eigenvalue weighted by molar-refractivity contribution is 6.12. The summed E-state index contributed by atoms with van der Waals surface area (Å²) in [5.41, 5.74) is 1.29. The normalized spacial score (nSPS) is 11.4. The molecule has 2 aromatic rings. The smallest absolute Gasteiger partial charge is 0.338 e. The van der Waals surface area contributed by atoms with Crippen LogP contribution in [0.3, 0.4) is 0 Å². The molecule has 4 nitrogen and oxygen atoms in total. The van der Waals surface area contributed by atoms with E-state index in [2.05, 4.69) is 11.7 Å². The summed E-state index contributed by atoms with van der Waals surface area (Å²) in [6, 6.07) is 11.2. The van der Waals surface area contributed by atoms with E-state index >= 15 is 0 Å².